The lowest BCUT2D eigenvalue weighted by atomic mass is 9.79. The molecule has 0 aliphatic carbocycles. The Balaban J connectivity index is 2.16. The Bertz CT molecular complexity index is 693. The van der Waals surface area contributed by atoms with E-state index in [0.29, 0.717) is 0 Å². The number of benzene rings is 3. The highest BCUT2D eigenvalue weighted by atomic mass is 15.0. The maximum absolute atomic E-state index is 4.00. The predicted octanol–water partition coefficient (Wildman–Crippen LogP) is 5.62. The summed E-state index contributed by atoms with van der Waals surface area (Å²) >= 11 is 0. The van der Waals surface area contributed by atoms with Crippen LogP contribution in [0.3, 0.4) is 0 Å². The van der Waals surface area contributed by atoms with Crippen LogP contribution in [-0.2, 0) is 5.54 Å². The molecule has 23 heavy (non-hydrogen) atoms. The summed E-state index contributed by atoms with van der Waals surface area (Å²) < 4.78 is 0. The highest BCUT2D eigenvalue weighted by Gasteiger charge is 2.32. The fourth-order valence-electron chi connectivity index (χ4n) is 3.03. The van der Waals surface area contributed by atoms with E-state index < -0.39 is 0 Å². The van der Waals surface area contributed by atoms with Crippen molar-refractivity contribution >= 4 is 5.69 Å². The summed E-state index contributed by atoms with van der Waals surface area (Å²) in [6.45, 7) is 4.00. The van der Waals surface area contributed by atoms with E-state index in [1.807, 2.05) is 12.1 Å². The predicted molar refractivity (Wildman–Crippen MR) is 98.5 cm³/mol. The van der Waals surface area contributed by atoms with E-state index in [-0.39, 0.29) is 5.54 Å². The zero-order valence-electron chi connectivity index (χ0n) is 13.2. The minimum atomic E-state index is -0.328. The molecule has 0 radical (unpaired) electrons. The van der Waals surface area contributed by atoms with Gasteiger partial charge in [-0.25, -0.2) is 0 Å². The van der Waals surface area contributed by atoms with Gasteiger partial charge in [-0.1, -0.05) is 84.9 Å². The first-order valence-electron chi connectivity index (χ1n) is 7.90. The van der Waals surface area contributed by atoms with Crippen LogP contribution in [0, 0.1) is 0 Å². The third-order valence-corrected chi connectivity index (χ3v) is 4.12. The number of hydrogen-bond acceptors (Lipinski definition) is 1. The van der Waals surface area contributed by atoms with Crippen LogP contribution in [0.25, 0.3) is 0 Å². The highest BCUT2D eigenvalue weighted by molar-refractivity contribution is 5.53. The first-order valence-corrected chi connectivity index (χ1v) is 7.90. The van der Waals surface area contributed by atoms with Gasteiger partial charge in [-0.3, -0.25) is 0 Å². The average Bonchev–Trinajstić information content (AvgIpc) is 2.64. The average molecular weight is 299 g/mol. The van der Waals surface area contributed by atoms with E-state index in [0.717, 1.165) is 12.1 Å². The molecule has 0 heterocycles. The van der Waals surface area contributed by atoms with E-state index in [2.05, 4.69) is 96.8 Å². The van der Waals surface area contributed by atoms with Crippen LogP contribution in [-0.4, -0.2) is 0 Å². The molecule has 0 aromatic heterocycles. The van der Waals surface area contributed by atoms with Crippen molar-refractivity contribution in [2.75, 3.05) is 5.32 Å². The van der Waals surface area contributed by atoms with Crippen LogP contribution in [0.15, 0.2) is 104 Å². The lowest BCUT2D eigenvalue weighted by molar-refractivity contribution is 0.599. The second kappa shape index (κ2) is 6.97. The summed E-state index contributed by atoms with van der Waals surface area (Å²) in [5, 5.41) is 3.75. The molecule has 0 aliphatic heterocycles. The highest BCUT2D eigenvalue weighted by Crippen LogP contribution is 2.37. The van der Waals surface area contributed by atoms with E-state index >= 15 is 0 Å². The molecular weight excluding hydrogens is 278 g/mol. The van der Waals surface area contributed by atoms with Crippen molar-refractivity contribution in [2.45, 2.75) is 12.0 Å². The largest absolute Gasteiger partial charge is 0.371 e. The zero-order valence-corrected chi connectivity index (χ0v) is 13.2. The Morgan fingerprint density at radius 2 is 1.13 bits per heavy atom. The molecular formula is C22H21N. The molecule has 0 fully saturated rings. The number of hydrogen-bond donors (Lipinski definition) is 1. The molecule has 114 valence electrons. The third kappa shape index (κ3) is 3.19. The molecule has 0 saturated heterocycles. The second-order valence-corrected chi connectivity index (χ2v) is 5.62. The maximum Gasteiger partial charge on any atom is 0.0913 e. The monoisotopic (exact) mass is 299 g/mol. The Labute approximate surface area is 138 Å². The summed E-state index contributed by atoms with van der Waals surface area (Å²) in [6, 6.07) is 31.5. The molecule has 3 rings (SSSR count). The van der Waals surface area contributed by atoms with Gasteiger partial charge < -0.3 is 5.32 Å². The van der Waals surface area contributed by atoms with Crippen LogP contribution in [0.1, 0.15) is 17.5 Å². The first-order chi connectivity index (χ1) is 11.3. The quantitative estimate of drug-likeness (QED) is 0.583. The molecule has 0 amide bonds. The van der Waals surface area contributed by atoms with Crippen molar-refractivity contribution in [1.82, 2.24) is 0 Å². The Hall–Kier alpha value is -2.80. The van der Waals surface area contributed by atoms with E-state index in [4.69, 9.17) is 0 Å². The summed E-state index contributed by atoms with van der Waals surface area (Å²) in [6.07, 6.45) is 2.78. The van der Waals surface area contributed by atoms with Gasteiger partial charge in [-0.05, 0) is 29.7 Å². The Kier molecular flexibility index (Phi) is 4.58. The van der Waals surface area contributed by atoms with Crippen LogP contribution < -0.4 is 5.32 Å². The van der Waals surface area contributed by atoms with Gasteiger partial charge in [0, 0.05) is 5.69 Å². The van der Waals surface area contributed by atoms with Crippen LogP contribution >= 0.6 is 0 Å². The molecule has 1 N–H and O–H groups in total. The lowest BCUT2D eigenvalue weighted by Gasteiger charge is -2.36. The summed E-state index contributed by atoms with van der Waals surface area (Å²) in [7, 11) is 0. The minimum Gasteiger partial charge on any atom is -0.371 e. The summed E-state index contributed by atoms with van der Waals surface area (Å²) in [5.41, 5.74) is 3.23. The molecule has 1 nitrogen and oxygen atoms in total. The fraction of sp³-hybridized carbons (Fsp3) is 0.0909. The van der Waals surface area contributed by atoms with Gasteiger partial charge in [0.2, 0.25) is 0 Å². The smallest absolute Gasteiger partial charge is 0.0913 e. The van der Waals surface area contributed by atoms with Crippen LogP contribution in [0.2, 0.25) is 0 Å². The Morgan fingerprint density at radius 1 is 0.696 bits per heavy atom. The lowest BCUT2D eigenvalue weighted by Crippen LogP contribution is -2.36. The Morgan fingerprint density at radius 3 is 1.57 bits per heavy atom. The number of anilines is 1. The fourth-order valence-corrected chi connectivity index (χ4v) is 3.03. The standard InChI is InChI=1S/C22H21N/c1-2-18-22(19-12-6-3-7-13-19,20-14-8-4-9-15-20)23-21-16-10-5-11-17-21/h2-17,23H,1,18H2. The molecule has 0 bridgehead atoms. The normalized spacial score (nSPS) is 11.0. The molecule has 3 aromatic carbocycles. The van der Waals surface area contributed by atoms with Gasteiger partial charge in [0.25, 0.3) is 0 Å². The molecule has 0 unspecified atom stereocenters. The van der Waals surface area contributed by atoms with Crippen molar-refractivity contribution in [3.8, 4) is 0 Å². The molecule has 3 aromatic rings. The molecule has 0 aliphatic rings. The molecule has 0 spiro atoms. The van der Waals surface area contributed by atoms with Gasteiger partial charge in [0.1, 0.15) is 0 Å². The van der Waals surface area contributed by atoms with Crippen molar-refractivity contribution in [3.63, 3.8) is 0 Å². The number of rotatable bonds is 6. The minimum absolute atomic E-state index is 0.328. The second-order valence-electron chi connectivity index (χ2n) is 5.62. The molecule has 1 heteroatoms. The van der Waals surface area contributed by atoms with E-state index in [1.165, 1.54) is 11.1 Å². The third-order valence-electron chi connectivity index (χ3n) is 4.12. The van der Waals surface area contributed by atoms with E-state index in [1.54, 1.807) is 0 Å². The summed E-state index contributed by atoms with van der Waals surface area (Å²) in [4.78, 5) is 0. The van der Waals surface area contributed by atoms with Crippen molar-refractivity contribution < 1.29 is 0 Å². The number of nitrogens with one attached hydrogen (secondary N) is 1. The van der Waals surface area contributed by atoms with Gasteiger partial charge in [-0.15, -0.1) is 6.58 Å². The van der Waals surface area contributed by atoms with E-state index in [9.17, 15) is 0 Å². The van der Waals surface area contributed by atoms with Crippen LogP contribution in [0.4, 0.5) is 5.69 Å². The van der Waals surface area contributed by atoms with Crippen LogP contribution in [0.5, 0.6) is 0 Å². The SMILES string of the molecule is C=CCC(Nc1ccccc1)(c1ccccc1)c1ccccc1. The van der Waals surface area contributed by atoms with Gasteiger partial charge in [-0.2, -0.15) is 0 Å². The first kappa shape index (κ1) is 15.1. The van der Waals surface area contributed by atoms with Gasteiger partial charge >= 0.3 is 0 Å². The topological polar surface area (TPSA) is 12.0 Å². The van der Waals surface area contributed by atoms with Gasteiger partial charge in [0.05, 0.1) is 5.54 Å². The van der Waals surface area contributed by atoms with Crippen molar-refractivity contribution in [3.05, 3.63) is 115 Å². The van der Waals surface area contributed by atoms with Crippen molar-refractivity contribution in [2.24, 2.45) is 0 Å². The molecule has 0 atom stereocenters. The van der Waals surface area contributed by atoms with Crippen molar-refractivity contribution in [1.29, 1.82) is 0 Å². The zero-order chi connectivity index (χ0) is 16.0. The maximum atomic E-state index is 4.00. The number of para-hydroxylation sites is 1. The van der Waals surface area contributed by atoms with Gasteiger partial charge in [0.15, 0.2) is 0 Å². The molecule has 0 saturated carbocycles. The summed E-state index contributed by atoms with van der Waals surface area (Å²) in [5.74, 6) is 0.